The predicted octanol–water partition coefficient (Wildman–Crippen LogP) is 12.1. The van der Waals surface area contributed by atoms with Crippen LogP contribution in [0.3, 0.4) is 0 Å². The number of thiophene rings is 1. The summed E-state index contributed by atoms with van der Waals surface area (Å²) in [4.78, 5) is 9.33. The van der Waals surface area contributed by atoms with Crippen LogP contribution in [-0.4, -0.2) is 18.0 Å². The molecule has 3 aromatic heterocycles. The van der Waals surface area contributed by atoms with Gasteiger partial charge in [-0.3, -0.25) is 0 Å². The smallest absolute Gasteiger partial charge is 0.0795 e. The van der Waals surface area contributed by atoms with Crippen molar-refractivity contribution >= 4 is 44.8 Å². The van der Waals surface area contributed by atoms with E-state index in [0.717, 1.165) is 28.4 Å². The first-order valence-corrected chi connectivity index (χ1v) is 21.8. The summed E-state index contributed by atoms with van der Waals surface area (Å²) in [6.07, 6.45) is 9.42. The zero-order chi connectivity index (χ0) is 34.0. The van der Waals surface area contributed by atoms with Crippen molar-refractivity contribution in [3.63, 3.8) is 0 Å². The first kappa shape index (κ1) is 36.1. The van der Waals surface area contributed by atoms with Gasteiger partial charge in [0.1, 0.15) is 0 Å². The summed E-state index contributed by atoms with van der Waals surface area (Å²) in [5, 5.41) is 4.00. The minimum absolute atomic E-state index is 0. The van der Waals surface area contributed by atoms with Gasteiger partial charge in [0.05, 0.1) is 8.07 Å². The Bertz CT molecular complexity index is 2180. The third-order valence-corrected chi connectivity index (χ3v) is 13.5. The van der Waals surface area contributed by atoms with Crippen molar-refractivity contribution in [1.29, 1.82) is 0 Å². The van der Waals surface area contributed by atoms with Crippen LogP contribution in [0.1, 0.15) is 45.1 Å². The molecule has 0 N–H and O–H groups in total. The van der Waals surface area contributed by atoms with E-state index in [0.29, 0.717) is 0 Å². The molecule has 0 atom stereocenters. The molecule has 2 nitrogen and oxygen atoms in total. The molecule has 1 fully saturated rings. The van der Waals surface area contributed by atoms with Gasteiger partial charge in [-0.25, -0.2) is 0 Å². The summed E-state index contributed by atoms with van der Waals surface area (Å²) >= 11 is 1.86. The maximum atomic E-state index is 4.81. The molecule has 8 rings (SSSR count). The number of aromatic nitrogens is 2. The quantitative estimate of drug-likeness (QED) is 0.123. The van der Waals surface area contributed by atoms with Crippen LogP contribution in [0.25, 0.3) is 53.8 Å². The molecular formula is C45H44IrN2SSi-2. The fourth-order valence-corrected chi connectivity index (χ4v) is 9.43. The molecule has 0 bridgehead atoms. The Morgan fingerprint density at radius 3 is 2.20 bits per heavy atom. The summed E-state index contributed by atoms with van der Waals surface area (Å²) in [6, 6.07) is 45.2. The first-order chi connectivity index (χ1) is 23.7. The molecule has 0 spiro atoms. The normalized spacial score (nSPS) is 13.5. The fourth-order valence-electron chi connectivity index (χ4n) is 7.14. The molecule has 1 aliphatic rings. The summed E-state index contributed by atoms with van der Waals surface area (Å²) in [5.41, 5.74) is 8.32. The van der Waals surface area contributed by atoms with Crippen LogP contribution in [0.2, 0.25) is 19.6 Å². The van der Waals surface area contributed by atoms with Crippen molar-refractivity contribution in [2.75, 3.05) is 0 Å². The zero-order valence-electron chi connectivity index (χ0n) is 29.6. The van der Waals surface area contributed by atoms with E-state index in [1.165, 1.54) is 67.7 Å². The van der Waals surface area contributed by atoms with Gasteiger partial charge in [0.15, 0.2) is 0 Å². The van der Waals surface area contributed by atoms with E-state index in [2.05, 4.69) is 136 Å². The van der Waals surface area contributed by atoms with E-state index in [1.54, 1.807) is 0 Å². The molecule has 1 radical (unpaired) electrons. The molecule has 1 aliphatic carbocycles. The van der Waals surface area contributed by atoms with E-state index in [-0.39, 0.29) is 25.5 Å². The molecular weight excluding hydrogens is 821 g/mol. The van der Waals surface area contributed by atoms with Gasteiger partial charge in [-0.2, -0.15) is 11.3 Å². The van der Waals surface area contributed by atoms with Crippen molar-refractivity contribution in [3.05, 3.63) is 139 Å². The second kappa shape index (κ2) is 15.2. The van der Waals surface area contributed by atoms with Crippen molar-refractivity contribution < 1.29 is 20.1 Å². The summed E-state index contributed by atoms with van der Waals surface area (Å²) < 4.78 is 2.59. The van der Waals surface area contributed by atoms with Gasteiger partial charge in [0.2, 0.25) is 0 Å². The van der Waals surface area contributed by atoms with E-state index in [4.69, 9.17) is 4.98 Å². The van der Waals surface area contributed by atoms with Gasteiger partial charge >= 0.3 is 0 Å². The third-order valence-electron chi connectivity index (χ3n) is 10.3. The Morgan fingerprint density at radius 2 is 1.50 bits per heavy atom. The largest absolute Gasteiger partial charge is 0.305 e. The van der Waals surface area contributed by atoms with Crippen molar-refractivity contribution in [1.82, 2.24) is 9.97 Å². The predicted molar refractivity (Wildman–Crippen MR) is 213 cm³/mol. The molecule has 50 heavy (non-hydrogen) atoms. The van der Waals surface area contributed by atoms with Crippen LogP contribution in [0.5, 0.6) is 0 Å². The van der Waals surface area contributed by atoms with Gasteiger partial charge in [-0.15, -0.1) is 59.7 Å². The van der Waals surface area contributed by atoms with Crippen LogP contribution in [0, 0.1) is 18.1 Å². The molecule has 4 aromatic carbocycles. The molecule has 0 saturated heterocycles. The van der Waals surface area contributed by atoms with E-state index >= 15 is 0 Å². The number of hydrogen-bond donors (Lipinski definition) is 0. The molecule has 3 heterocycles. The van der Waals surface area contributed by atoms with Crippen LogP contribution >= 0.6 is 11.3 Å². The van der Waals surface area contributed by atoms with Crippen LogP contribution in [0.4, 0.5) is 0 Å². The number of nitrogens with zero attached hydrogens (tertiary/aromatic N) is 2. The minimum atomic E-state index is -1.23. The number of benzene rings is 4. The molecule has 255 valence electrons. The Morgan fingerprint density at radius 1 is 0.720 bits per heavy atom. The molecule has 5 heteroatoms. The topological polar surface area (TPSA) is 25.8 Å². The van der Waals surface area contributed by atoms with Crippen LogP contribution in [0.15, 0.2) is 122 Å². The first-order valence-electron chi connectivity index (χ1n) is 17.5. The maximum absolute atomic E-state index is 4.81. The van der Waals surface area contributed by atoms with Crippen molar-refractivity contribution in [2.24, 2.45) is 5.92 Å². The Labute approximate surface area is 316 Å². The van der Waals surface area contributed by atoms with Gasteiger partial charge in [-0.1, -0.05) is 112 Å². The number of hydrogen-bond acceptors (Lipinski definition) is 3. The van der Waals surface area contributed by atoms with E-state index in [1.807, 2.05) is 48.0 Å². The number of fused-ring (bicyclic) bond motifs is 3. The van der Waals surface area contributed by atoms with Crippen molar-refractivity contribution in [2.45, 2.75) is 64.6 Å². The van der Waals surface area contributed by atoms with Gasteiger partial charge in [0, 0.05) is 37.2 Å². The Balaban J connectivity index is 0.000000215. The molecule has 1 saturated carbocycles. The minimum Gasteiger partial charge on any atom is -0.305 e. The third kappa shape index (κ3) is 7.62. The van der Waals surface area contributed by atoms with Crippen molar-refractivity contribution in [3.8, 4) is 33.6 Å². The standard InChI is InChI=1S/C31H28NS.C14H16NSi.Ir/c1-31(2,23-11-6-7-12-23)24-17-18-32-28(20-24)27-14-8-13-26-25-16-15-22(19-29(25)33-30(26)27)21-9-4-3-5-10-21;1-16(2,3)13-9-10-14(15-11-13)12-7-5-4-6-8-12;/h3-5,8-10,13,15-20,23H,6-7,11-12H2,1-2H3;4-7,9-11H,1-3H3;/q2*-1;. The second-order valence-electron chi connectivity index (χ2n) is 14.9. The van der Waals surface area contributed by atoms with Gasteiger partial charge in [0.25, 0.3) is 0 Å². The molecule has 7 aromatic rings. The summed E-state index contributed by atoms with van der Waals surface area (Å²) in [5.74, 6) is 0.758. The average molecular weight is 865 g/mol. The maximum Gasteiger partial charge on any atom is 0.0795 e. The summed E-state index contributed by atoms with van der Waals surface area (Å²) in [6.45, 7) is 11.8. The fraction of sp³-hybridized carbons (Fsp3) is 0.244. The SMILES string of the molecule is CC(C)(c1ccnc(-c2[c-]ccc3c2sc2cc(-c4ccccc4)ccc23)c1)C1CCCC1.C[Si](C)(C)c1ccc(-c2[c-]cccc2)nc1.[Ir]. The Kier molecular flexibility index (Phi) is 11.0. The Hall–Kier alpha value is -3.73. The zero-order valence-corrected chi connectivity index (χ0v) is 33.8. The van der Waals surface area contributed by atoms with Gasteiger partial charge < -0.3 is 9.97 Å². The molecule has 0 aliphatic heterocycles. The number of rotatable bonds is 6. The van der Waals surface area contributed by atoms with Crippen LogP contribution in [-0.2, 0) is 25.5 Å². The second-order valence-corrected chi connectivity index (χ2v) is 21.0. The average Bonchev–Trinajstić information content (AvgIpc) is 3.82. The summed E-state index contributed by atoms with van der Waals surface area (Å²) in [7, 11) is -1.23. The van der Waals surface area contributed by atoms with E-state index in [9.17, 15) is 0 Å². The van der Waals surface area contributed by atoms with Crippen LogP contribution < -0.4 is 5.19 Å². The monoisotopic (exact) mass is 865 g/mol. The van der Waals surface area contributed by atoms with E-state index < -0.39 is 8.07 Å². The molecule has 0 unspecified atom stereocenters. The van der Waals surface area contributed by atoms with Gasteiger partial charge in [-0.05, 0) is 79.7 Å². The molecule has 0 amide bonds. The number of pyridine rings is 2.